The van der Waals surface area contributed by atoms with Gasteiger partial charge in [0.1, 0.15) is 0 Å². The van der Waals surface area contributed by atoms with Crippen molar-refractivity contribution in [3.05, 3.63) is 17.7 Å². The Hall–Kier alpha value is -0.830. The van der Waals surface area contributed by atoms with Crippen LogP contribution in [-0.4, -0.2) is 21.5 Å². The Morgan fingerprint density at radius 3 is 2.90 bits per heavy atom. The molecule has 3 nitrogen and oxygen atoms in total. The molecule has 1 aliphatic heterocycles. The quantitative estimate of drug-likeness (QED) is 0.515. The predicted molar refractivity (Wildman–Crippen MR) is 38.4 cm³/mol. The van der Waals surface area contributed by atoms with Crippen LogP contribution in [0.5, 0.6) is 0 Å². The predicted octanol–water partition coefficient (Wildman–Crippen LogP) is 0.365. The fourth-order valence-corrected chi connectivity index (χ4v) is 1.41. The third kappa shape index (κ3) is 0.671. The van der Waals surface area contributed by atoms with E-state index in [4.69, 9.17) is 0 Å². The van der Waals surface area contributed by atoms with Gasteiger partial charge in [-0.25, -0.2) is 4.98 Å². The first kappa shape index (κ1) is 5.92. The van der Waals surface area contributed by atoms with Gasteiger partial charge in [-0.15, -0.1) is 0 Å². The number of aryl methyl sites for hydroxylation is 1. The van der Waals surface area contributed by atoms with Crippen LogP contribution in [0.25, 0.3) is 0 Å². The van der Waals surface area contributed by atoms with Crippen LogP contribution < -0.4 is 0 Å². The van der Waals surface area contributed by atoms with E-state index in [2.05, 4.69) is 21.5 Å². The maximum atomic E-state index is 4.27. The molecule has 0 bridgehead atoms. The summed E-state index contributed by atoms with van der Waals surface area (Å²) >= 11 is 0. The van der Waals surface area contributed by atoms with Gasteiger partial charge in [0, 0.05) is 20.1 Å². The Kier molecular flexibility index (Phi) is 1.08. The van der Waals surface area contributed by atoms with Crippen molar-refractivity contribution in [2.24, 2.45) is 7.05 Å². The maximum Gasteiger partial charge on any atom is 0.0950 e. The highest BCUT2D eigenvalue weighted by molar-refractivity contribution is 5.16. The van der Waals surface area contributed by atoms with Gasteiger partial charge >= 0.3 is 0 Å². The first-order valence-corrected chi connectivity index (χ1v) is 3.45. The zero-order valence-corrected chi connectivity index (χ0v) is 6.33. The summed E-state index contributed by atoms with van der Waals surface area (Å²) in [7, 11) is 4.16. The molecule has 0 aliphatic carbocycles. The highest BCUT2D eigenvalue weighted by atomic mass is 15.2. The average molecular weight is 137 g/mol. The topological polar surface area (TPSA) is 21.1 Å². The van der Waals surface area contributed by atoms with Crippen molar-refractivity contribution in [3.63, 3.8) is 0 Å². The first-order chi connectivity index (χ1) is 4.77. The molecule has 0 saturated heterocycles. The fourth-order valence-electron chi connectivity index (χ4n) is 1.41. The maximum absolute atomic E-state index is 4.27. The lowest BCUT2D eigenvalue weighted by Gasteiger charge is -2.04. The fraction of sp³-hybridized carbons (Fsp3) is 0.571. The molecule has 3 heteroatoms. The summed E-state index contributed by atoms with van der Waals surface area (Å²) in [5, 5.41) is 0. The Labute approximate surface area is 60.3 Å². The van der Waals surface area contributed by atoms with E-state index in [0.29, 0.717) is 0 Å². The Morgan fingerprint density at radius 1 is 1.40 bits per heavy atom. The first-order valence-electron chi connectivity index (χ1n) is 3.45. The zero-order valence-electron chi connectivity index (χ0n) is 6.33. The summed E-state index contributed by atoms with van der Waals surface area (Å²) in [5.74, 6) is 0. The van der Waals surface area contributed by atoms with E-state index in [1.165, 1.54) is 11.4 Å². The van der Waals surface area contributed by atoms with Gasteiger partial charge in [0.05, 0.1) is 17.7 Å². The lowest BCUT2D eigenvalue weighted by Crippen LogP contribution is -2.10. The van der Waals surface area contributed by atoms with Crippen LogP contribution in [0.3, 0.4) is 0 Å². The van der Waals surface area contributed by atoms with E-state index < -0.39 is 0 Å². The molecule has 1 aliphatic rings. The molecule has 0 fully saturated rings. The summed E-state index contributed by atoms with van der Waals surface area (Å²) in [5.41, 5.74) is 2.60. The van der Waals surface area contributed by atoms with E-state index in [-0.39, 0.29) is 0 Å². The van der Waals surface area contributed by atoms with Gasteiger partial charge in [-0.3, -0.25) is 4.90 Å². The van der Waals surface area contributed by atoms with E-state index in [9.17, 15) is 0 Å². The summed E-state index contributed by atoms with van der Waals surface area (Å²) < 4.78 is 2.10. The highest BCUT2D eigenvalue weighted by Gasteiger charge is 2.18. The standard InChI is InChI=1S/C7H11N3/c1-9-3-6-7(4-9)10(2)5-8-6/h5H,3-4H2,1-2H3. The van der Waals surface area contributed by atoms with E-state index in [0.717, 1.165) is 13.1 Å². The largest absolute Gasteiger partial charge is 0.336 e. The molecule has 0 amide bonds. The molecule has 1 aromatic rings. The molecule has 1 aromatic heterocycles. The molecule has 2 heterocycles. The summed E-state index contributed by atoms with van der Waals surface area (Å²) in [6, 6.07) is 0. The van der Waals surface area contributed by atoms with Gasteiger partial charge in [-0.1, -0.05) is 0 Å². The minimum Gasteiger partial charge on any atom is -0.336 e. The lowest BCUT2D eigenvalue weighted by molar-refractivity contribution is 0.344. The minimum atomic E-state index is 1.01. The van der Waals surface area contributed by atoms with Gasteiger partial charge < -0.3 is 4.57 Å². The van der Waals surface area contributed by atoms with E-state index >= 15 is 0 Å². The third-order valence-corrected chi connectivity index (χ3v) is 1.99. The summed E-state index contributed by atoms with van der Waals surface area (Å²) in [6.07, 6.45) is 1.89. The van der Waals surface area contributed by atoms with Crippen molar-refractivity contribution in [3.8, 4) is 0 Å². The van der Waals surface area contributed by atoms with Crippen molar-refractivity contribution in [2.75, 3.05) is 7.05 Å². The number of hydrogen-bond donors (Lipinski definition) is 0. The second-order valence-electron chi connectivity index (χ2n) is 2.92. The number of hydrogen-bond acceptors (Lipinski definition) is 2. The molecule has 54 valence electrons. The van der Waals surface area contributed by atoms with Crippen LogP contribution in [-0.2, 0) is 20.1 Å². The van der Waals surface area contributed by atoms with Crippen LogP contribution in [0.1, 0.15) is 11.4 Å². The SMILES string of the molecule is CN1Cc2ncn(C)c2C1. The van der Waals surface area contributed by atoms with Crippen molar-refractivity contribution in [1.29, 1.82) is 0 Å². The monoisotopic (exact) mass is 137 g/mol. The zero-order chi connectivity index (χ0) is 7.14. The van der Waals surface area contributed by atoms with Crippen LogP contribution in [0.15, 0.2) is 6.33 Å². The molecule has 0 N–H and O–H groups in total. The Balaban J connectivity index is 2.44. The van der Waals surface area contributed by atoms with Crippen LogP contribution in [0, 0.1) is 0 Å². The number of fused-ring (bicyclic) bond motifs is 1. The van der Waals surface area contributed by atoms with Crippen LogP contribution in [0.2, 0.25) is 0 Å². The summed E-state index contributed by atoms with van der Waals surface area (Å²) in [6.45, 7) is 2.06. The molecule has 0 saturated carbocycles. The molecule has 0 aromatic carbocycles. The third-order valence-electron chi connectivity index (χ3n) is 1.99. The lowest BCUT2D eigenvalue weighted by atomic mass is 10.4. The van der Waals surface area contributed by atoms with Crippen molar-refractivity contribution >= 4 is 0 Å². The second kappa shape index (κ2) is 1.83. The molecule has 0 unspecified atom stereocenters. The molecule has 0 spiro atoms. The van der Waals surface area contributed by atoms with Crippen molar-refractivity contribution in [1.82, 2.24) is 14.5 Å². The number of rotatable bonds is 0. The number of aromatic nitrogens is 2. The molecular weight excluding hydrogens is 126 g/mol. The Bertz CT molecular complexity index is 251. The van der Waals surface area contributed by atoms with Crippen molar-refractivity contribution in [2.45, 2.75) is 13.1 Å². The van der Waals surface area contributed by atoms with Crippen LogP contribution >= 0.6 is 0 Å². The average Bonchev–Trinajstić information content (AvgIpc) is 2.35. The van der Waals surface area contributed by atoms with E-state index in [1.807, 2.05) is 13.4 Å². The molecular formula is C7H11N3. The number of imidazole rings is 1. The van der Waals surface area contributed by atoms with Gasteiger partial charge in [-0.05, 0) is 7.05 Å². The highest BCUT2D eigenvalue weighted by Crippen LogP contribution is 2.17. The van der Waals surface area contributed by atoms with Crippen molar-refractivity contribution < 1.29 is 0 Å². The van der Waals surface area contributed by atoms with Gasteiger partial charge in [0.2, 0.25) is 0 Å². The number of nitrogens with zero attached hydrogens (tertiary/aromatic N) is 3. The Morgan fingerprint density at radius 2 is 2.20 bits per heavy atom. The molecule has 0 radical (unpaired) electrons. The van der Waals surface area contributed by atoms with Crippen LogP contribution in [0.4, 0.5) is 0 Å². The second-order valence-corrected chi connectivity index (χ2v) is 2.92. The molecule has 0 atom stereocenters. The molecule has 2 rings (SSSR count). The van der Waals surface area contributed by atoms with Gasteiger partial charge in [-0.2, -0.15) is 0 Å². The smallest absolute Gasteiger partial charge is 0.0950 e. The minimum absolute atomic E-state index is 1.01. The van der Waals surface area contributed by atoms with Gasteiger partial charge in [0.15, 0.2) is 0 Å². The normalized spacial score (nSPS) is 17.8. The summed E-state index contributed by atoms with van der Waals surface area (Å²) in [4.78, 5) is 6.53. The van der Waals surface area contributed by atoms with Gasteiger partial charge in [0.25, 0.3) is 0 Å². The van der Waals surface area contributed by atoms with E-state index in [1.54, 1.807) is 0 Å². The molecule has 10 heavy (non-hydrogen) atoms.